The summed E-state index contributed by atoms with van der Waals surface area (Å²) in [6.07, 6.45) is 17.0. The number of piperidine rings is 1. The number of allylic oxidation sites excluding steroid dienone is 5. The zero-order valence-corrected chi connectivity index (χ0v) is 14.0. The Morgan fingerprint density at radius 2 is 2.09 bits per heavy atom. The lowest BCUT2D eigenvalue weighted by Crippen LogP contribution is -2.53. The lowest BCUT2D eigenvalue weighted by atomic mass is 9.80. The van der Waals surface area contributed by atoms with Gasteiger partial charge in [0.25, 0.3) is 0 Å². The average molecular weight is 324 g/mol. The highest BCUT2D eigenvalue weighted by Crippen LogP contribution is 2.32. The van der Waals surface area contributed by atoms with Crippen molar-refractivity contribution < 1.29 is 9.53 Å². The molecular weight excluding hydrogens is 298 g/mol. The second kappa shape index (κ2) is 9.16. The summed E-state index contributed by atoms with van der Waals surface area (Å²) in [5.74, 6) is -0.163. The zero-order chi connectivity index (χ0) is 15.8. The minimum absolute atomic E-state index is 0.169. The van der Waals surface area contributed by atoms with Crippen LogP contribution in [-0.4, -0.2) is 30.5 Å². The van der Waals surface area contributed by atoms with Crippen molar-refractivity contribution in [2.75, 3.05) is 13.2 Å². The van der Waals surface area contributed by atoms with Gasteiger partial charge in [0.1, 0.15) is 0 Å². The lowest BCUT2D eigenvalue weighted by molar-refractivity contribution is -0.149. The van der Waals surface area contributed by atoms with Gasteiger partial charge in [0, 0.05) is 12.6 Å². The van der Waals surface area contributed by atoms with E-state index in [9.17, 15) is 4.79 Å². The van der Waals surface area contributed by atoms with E-state index in [1.165, 1.54) is 0 Å². The van der Waals surface area contributed by atoms with Crippen LogP contribution in [0.5, 0.6) is 0 Å². The van der Waals surface area contributed by atoms with E-state index in [2.05, 4.69) is 35.7 Å². The first-order valence-corrected chi connectivity index (χ1v) is 8.71. The number of fused-ring (bicyclic) bond motifs is 1. The summed E-state index contributed by atoms with van der Waals surface area (Å²) in [7, 11) is 0. The second-order valence-electron chi connectivity index (χ2n) is 5.88. The predicted octanol–water partition coefficient (Wildman–Crippen LogP) is 3.60. The molecule has 1 aliphatic heterocycles. The number of halogens is 1. The Bertz CT molecular complexity index is 444. The molecule has 1 saturated heterocycles. The topological polar surface area (TPSA) is 38.3 Å². The first-order valence-electron chi connectivity index (χ1n) is 8.28. The quantitative estimate of drug-likeness (QED) is 0.623. The van der Waals surface area contributed by atoms with Gasteiger partial charge < -0.3 is 10.1 Å². The molecule has 2 rings (SSSR count). The summed E-state index contributed by atoms with van der Waals surface area (Å²) in [4.78, 5) is 12.1. The molecule has 4 atom stereocenters. The van der Waals surface area contributed by atoms with E-state index in [-0.39, 0.29) is 29.2 Å². The van der Waals surface area contributed by atoms with Gasteiger partial charge in [0.2, 0.25) is 0 Å². The molecule has 1 aliphatic carbocycles. The Morgan fingerprint density at radius 3 is 2.91 bits per heavy atom. The van der Waals surface area contributed by atoms with Crippen molar-refractivity contribution in [3.8, 4) is 0 Å². The molecule has 4 unspecified atom stereocenters. The summed E-state index contributed by atoms with van der Waals surface area (Å²) >= 11 is 6.67. The molecule has 1 fully saturated rings. The van der Waals surface area contributed by atoms with Gasteiger partial charge in [-0.05, 0) is 32.1 Å². The molecule has 0 bridgehead atoms. The number of alkyl halides is 1. The Hall–Kier alpha value is -1.06. The number of hydrogen-bond acceptors (Lipinski definition) is 3. The molecule has 1 N–H and O–H groups in total. The number of carbonyl (C=O) groups is 1. The fraction of sp³-hybridized carbons (Fsp3) is 0.611. The standard InChI is InChI=1S/C18H26ClNO2/c1-2-22-18(21)15-13-20-16-12-10-8-6-4-3-5-7-9-11-14(16)17(15)19/h3-4,6,8,10,12,14-17,20H,2,5,7,9,11,13H2,1H3/b4-3+,8-6-,12-10+. The van der Waals surface area contributed by atoms with Gasteiger partial charge in [-0.15, -0.1) is 11.6 Å². The fourth-order valence-electron chi connectivity index (χ4n) is 3.16. The number of rotatable bonds is 2. The predicted molar refractivity (Wildman–Crippen MR) is 90.9 cm³/mol. The molecule has 0 amide bonds. The minimum atomic E-state index is -0.250. The third-order valence-electron chi connectivity index (χ3n) is 4.36. The van der Waals surface area contributed by atoms with E-state index in [0.29, 0.717) is 13.2 Å². The third-order valence-corrected chi connectivity index (χ3v) is 4.99. The van der Waals surface area contributed by atoms with Crippen molar-refractivity contribution in [3.05, 3.63) is 36.5 Å². The van der Waals surface area contributed by atoms with Gasteiger partial charge in [0.05, 0.1) is 17.9 Å². The van der Waals surface area contributed by atoms with E-state index in [0.717, 1.165) is 25.7 Å². The van der Waals surface area contributed by atoms with Crippen LogP contribution in [0, 0.1) is 11.8 Å². The van der Waals surface area contributed by atoms with E-state index in [1.807, 2.05) is 13.0 Å². The van der Waals surface area contributed by atoms with Crippen molar-refractivity contribution in [2.45, 2.75) is 44.0 Å². The van der Waals surface area contributed by atoms with Gasteiger partial charge >= 0.3 is 5.97 Å². The van der Waals surface area contributed by atoms with Gasteiger partial charge in [-0.3, -0.25) is 4.79 Å². The number of carbonyl (C=O) groups excluding carboxylic acids is 1. The van der Waals surface area contributed by atoms with Gasteiger partial charge in [0.15, 0.2) is 0 Å². The van der Waals surface area contributed by atoms with E-state index >= 15 is 0 Å². The van der Waals surface area contributed by atoms with Crippen LogP contribution in [0.3, 0.4) is 0 Å². The van der Waals surface area contributed by atoms with Crippen LogP contribution in [-0.2, 0) is 9.53 Å². The van der Waals surface area contributed by atoms with Gasteiger partial charge in [-0.1, -0.05) is 42.9 Å². The molecule has 0 saturated carbocycles. The van der Waals surface area contributed by atoms with E-state index < -0.39 is 0 Å². The highest BCUT2D eigenvalue weighted by Gasteiger charge is 2.40. The van der Waals surface area contributed by atoms with Crippen molar-refractivity contribution >= 4 is 17.6 Å². The molecule has 4 heteroatoms. The molecule has 122 valence electrons. The summed E-state index contributed by atoms with van der Waals surface area (Å²) in [5.41, 5.74) is 0. The number of hydrogen-bond donors (Lipinski definition) is 1. The first kappa shape index (κ1) is 17.3. The Kier molecular flexibility index (Phi) is 7.20. The largest absolute Gasteiger partial charge is 0.466 e. The molecule has 0 aromatic carbocycles. The number of nitrogens with one attached hydrogen (secondary N) is 1. The van der Waals surface area contributed by atoms with E-state index in [1.54, 1.807) is 0 Å². The first-order chi connectivity index (χ1) is 10.7. The van der Waals surface area contributed by atoms with Crippen molar-refractivity contribution in [2.24, 2.45) is 11.8 Å². The molecule has 3 nitrogen and oxygen atoms in total. The number of ether oxygens (including phenoxy) is 1. The molecule has 0 radical (unpaired) electrons. The van der Waals surface area contributed by atoms with E-state index in [4.69, 9.17) is 16.3 Å². The SMILES string of the molecule is CCOC(=O)C1CNC2/C=C/C=C\C=C\CCCCC2C1Cl. The van der Waals surface area contributed by atoms with Crippen LogP contribution >= 0.6 is 11.6 Å². The van der Waals surface area contributed by atoms with Crippen LogP contribution in [0.1, 0.15) is 32.6 Å². The molecule has 2 aliphatic rings. The summed E-state index contributed by atoms with van der Waals surface area (Å²) in [5, 5.41) is 3.30. The second-order valence-corrected chi connectivity index (χ2v) is 6.39. The number of esters is 1. The normalized spacial score (nSPS) is 37.0. The highest BCUT2D eigenvalue weighted by atomic mass is 35.5. The Morgan fingerprint density at radius 1 is 1.27 bits per heavy atom. The monoisotopic (exact) mass is 323 g/mol. The summed E-state index contributed by atoms with van der Waals surface area (Å²) < 4.78 is 5.17. The highest BCUT2D eigenvalue weighted by molar-refractivity contribution is 6.22. The fourth-order valence-corrected chi connectivity index (χ4v) is 3.64. The zero-order valence-electron chi connectivity index (χ0n) is 13.2. The summed E-state index contributed by atoms with van der Waals surface area (Å²) in [6.45, 7) is 2.82. The molecule has 0 aromatic rings. The lowest BCUT2D eigenvalue weighted by Gasteiger charge is -2.39. The Balaban J connectivity index is 2.09. The summed E-state index contributed by atoms with van der Waals surface area (Å²) in [6, 6.07) is 0.223. The van der Waals surface area contributed by atoms with Crippen molar-refractivity contribution in [1.82, 2.24) is 5.32 Å². The van der Waals surface area contributed by atoms with Gasteiger partial charge in [-0.25, -0.2) is 0 Å². The minimum Gasteiger partial charge on any atom is -0.466 e. The van der Waals surface area contributed by atoms with Crippen LogP contribution in [0.25, 0.3) is 0 Å². The molecular formula is C18H26ClNO2. The van der Waals surface area contributed by atoms with Crippen LogP contribution in [0.2, 0.25) is 0 Å². The maximum atomic E-state index is 12.1. The van der Waals surface area contributed by atoms with Crippen molar-refractivity contribution in [1.29, 1.82) is 0 Å². The van der Waals surface area contributed by atoms with Crippen molar-refractivity contribution in [3.63, 3.8) is 0 Å². The van der Waals surface area contributed by atoms with Crippen LogP contribution in [0.4, 0.5) is 0 Å². The smallest absolute Gasteiger partial charge is 0.311 e. The average Bonchev–Trinajstić information content (AvgIpc) is 2.49. The van der Waals surface area contributed by atoms with Crippen LogP contribution in [0.15, 0.2) is 36.5 Å². The third kappa shape index (κ3) is 4.72. The maximum absolute atomic E-state index is 12.1. The molecule has 0 aromatic heterocycles. The molecule has 22 heavy (non-hydrogen) atoms. The van der Waals surface area contributed by atoms with Crippen LogP contribution < -0.4 is 5.32 Å². The Labute approximate surface area is 138 Å². The molecule has 1 heterocycles. The maximum Gasteiger partial charge on any atom is 0.311 e. The van der Waals surface area contributed by atoms with Gasteiger partial charge in [-0.2, -0.15) is 0 Å². The molecule has 0 spiro atoms.